The summed E-state index contributed by atoms with van der Waals surface area (Å²) < 4.78 is 0. The highest BCUT2D eigenvalue weighted by molar-refractivity contribution is 7.13. The molecular formula is C17H16N4O2S. The van der Waals surface area contributed by atoms with Crippen LogP contribution in [0.3, 0.4) is 0 Å². The highest BCUT2D eigenvalue weighted by Crippen LogP contribution is 2.22. The first-order valence-corrected chi connectivity index (χ1v) is 8.34. The molecule has 1 aromatic carbocycles. The van der Waals surface area contributed by atoms with E-state index in [2.05, 4.69) is 21.0 Å². The lowest BCUT2D eigenvalue weighted by Gasteiger charge is -2.06. The Morgan fingerprint density at radius 2 is 1.88 bits per heavy atom. The molecule has 0 saturated carbocycles. The minimum absolute atomic E-state index is 0.208. The Bertz CT molecular complexity index is 838. The lowest BCUT2D eigenvalue weighted by molar-refractivity contribution is 0.0844. The first kappa shape index (κ1) is 15.9. The van der Waals surface area contributed by atoms with E-state index in [-0.39, 0.29) is 11.6 Å². The zero-order valence-corrected chi connectivity index (χ0v) is 13.8. The minimum atomic E-state index is -0.479. The molecule has 3 rings (SSSR count). The number of carbonyl (C=O) groups excluding carboxylic acids is 2. The van der Waals surface area contributed by atoms with Gasteiger partial charge in [-0.15, -0.1) is 11.3 Å². The normalized spacial score (nSPS) is 10.4. The summed E-state index contributed by atoms with van der Waals surface area (Å²) in [5.41, 5.74) is 7.35. The molecule has 2 aromatic heterocycles. The van der Waals surface area contributed by atoms with E-state index in [1.54, 1.807) is 29.5 Å². The van der Waals surface area contributed by atoms with Crippen LogP contribution in [0.1, 0.15) is 33.3 Å². The summed E-state index contributed by atoms with van der Waals surface area (Å²) >= 11 is 1.55. The molecule has 0 bridgehead atoms. The third kappa shape index (κ3) is 3.52. The Labute approximate surface area is 142 Å². The molecule has 3 N–H and O–H groups in total. The van der Waals surface area contributed by atoms with Gasteiger partial charge in [0.1, 0.15) is 0 Å². The number of hydrogen-bond donors (Lipinski definition) is 3. The number of nitrogens with zero attached hydrogens (tertiary/aromatic N) is 1. The monoisotopic (exact) mass is 340 g/mol. The van der Waals surface area contributed by atoms with Crippen LogP contribution in [0.25, 0.3) is 10.6 Å². The van der Waals surface area contributed by atoms with Gasteiger partial charge in [0, 0.05) is 5.56 Å². The van der Waals surface area contributed by atoms with Crippen LogP contribution in [0, 0.1) is 0 Å². The van der Waals surface area contributed by atoms with Crippen LogP contribution in [-0.4, -0.2) is 22.0 Å². The number of aryl methyl sites for hydroxylation is 1. The summed E-state index contributed by atoms with van der Waals surface area (Å²) in [5.74, 6) is -0.854. The van der Waals surface area contributed by atoms with E-state index < -0.39 is 5.91 Å². The third-order valence-electron chi connectivity index (χ3n) is 3.51. The number of aromatic nitrogens is 2. The van der Waals surface area contributed by atoms with Gasteiger partial charge in [-0.3, -0.25) is 25.5 Å². The molecule has 3 aromatic rings. The standard InChI is InChI=1S/C17H16N4O2S/c1-2-11-5-7-12(8-6-11)16(22)20-21-17(23)14-10-13(18-19-14)15-4-3-9-24-15/h3-10H,2H2,1H3,(H,18,19)(H,20,22)(H,21,23). The van der Waals surface area contributed by atoms with E-state index >= 15 is 0 Å². The van der Waals surface area contributed by atoms with Crippen molar-refractivity contribution in [2.24, 2.45) is 0 Å². The van der Waals surface area contributed by atoms with Gasteiger partial charge in [0.25, 0.3) is 11.8 Å². The zero-order valence-electron chi connectivity index (χ0n) is 13.0. The fourth-order valence-corrected chi connectivity index (χ4v) is 2.83. The van der Waals surface area contributed by atoms with Gasteiger partial charge in [-0.25, -0.2) is 0 Å². The maximum Gasteiger partial charge on any atom is 0.290 e. The van der Waals surface area contributed by atoms with Crippen LogP contribution in [0.5, 0.6) is 0 Å². The lowest BCUT2D eigenvalue weighted by atomic mass is 10.1. The average Bonchev–Trinajstić information content (AvgIpc) is 3.30. The predicted molar refractivity (Wildman–Crippen MR) is 92.7 cm³/mol. The fraction of sp³-hybridized carbons (Fsp3) is 0.118. The summed E-state index contributed by atoms with van der Waals surface area (Å²) in [4.78, 5) is 25.1. The smallest absolute Gasteiger partial charge is 0.276 e. The van der Waals surface area contributed by atoms with E-state index in [1.807, 2.05) is 36.6 Å². The molecule has 6 nitrogen and oxygen atoms in total. The van der Waals surface area contributed by atoms with Crippen molar-refractivity contribution in [2.75, 3.05) is 0 Å². The quantitative estimate of drug-likeness (QED) is 0.638. The molecule has 122 valence electrons. The zero-order chi connectivity index (χ0) is 16.9. The van der Waals surface area contributed by atoms with Crippen molar-refractivity contribution in [1.29, 1.82) is 0 Å². The average molecular weight is 340 g/mol. The number of amides is 2. The number of hydrazine groups is 1. The molecule has 0 aliphatic rings. The minimum Gasteiger partial charge on any atom is -0.276 e. The Morgan fingerprint density at radius 1 is 1.12 bits per heavy atom. The van der Waals surface area contributed by atoms with Crippen LogP contribution in [0.2, 0.25) is 0 Å². The van der Waals surface area contributed by atoms with Crippen molar-refractivity contribution in [3.63, 3.8) is 0 Å². The number of rotatable bonds is 4. The summed E-state index contributed by atoms with van der Waals surface area (Å²) in [5, 5.41) is 8.72. The highest BCUT2D eigenvalue weighted by atomic mass is 32.1. The van der Waals surface area contributed by atoms with E-state index in [0.29, 0.717) is 5.56 Å². The number of hydrogen-bond acceptors (Lipinski definition) is 4. The molecule has 0 saturated heterocycles. The largest absolute Gasteiger partial charge is 0.290 e. The molecular weight excluding hydrogens is 324 g/mol. The van der Waals surface area contributed by atoms with Crippen molar-refractivity contribution in [1.82, 2.24) is 21.0 Å². The van der Waals surface area contributed by atoms with Gasteiger partial charge < -0.3 is 0 Å². The van der Waals surface area contributed by atoms with Crippen molar-refractivity contribution in [3.8, 4) is 10.6 Å². The van der Waals surface area contributed by atoms with Gasteiger partial charge in [-0.05, 0) is 41.6 Å². The fourth-order valence-electron chi connectivity index (χ4n) is 2.14. The summed E-state index contributed by atoms with van der Waals surface area (Å²) in [7, 11) is 0. The maximum atomic E-state index is 12.1. The topological polar surface area (TPSA) is 86.9 Å². The molecule has 0 aliphatic carbocycles. The van der Waals surface area contributed by atoms with E-state index in [4.69, 9.17) is 0 Å². The number of nitrogens with one attached hydrogen (secondary N) is 3. The molecule has 24 heavy (non-hydrogen) atoms. The SMILES string of the molecule is CCc1ccc(C(=O)NNC(=O)c2cc(-c3cccs3)[nH]n2)cc1. The Balaban J connectivity index is 1.59. The molecule has 2 amide bonds. The predicted octanol–water partition coefficient (Wildman–Crippen LogP) is 2.78. The van der Waals surface area contributed by atoms with E-state index in [0.717, 1.165) is 22.6 Å². The highest BCUT2D eigenvalue weighted by Gasteiger charge is 2.13. The summed E-state index contributed by atoms with van der Waals surface area (Å²) in [6, 6.07) is 12.7. The van der Waals surface area contributed by atoms with Gasteiger partial charge in [-0.2, -0.15) is 5.10 Å². The molecule has 0 unspecified atom stereocenters. The molecule has 2 heterocycles. The van der Waals surface area contributed by atoms with Gasteiger partial charge >= 0.3 is 0 Å². The number of aromatic amines is 1. The van der Waals surface area contributed by atoms with Crippen LogP contribution in [0.4, 0.5) is 0 Å². The third-order valence-corrected chi connectivity index (χ3v) is 4.41. The molecule has 0 fully saturated rings. The molecule has 0 atom stereocenters. The number of benzene rings is 1. The number of thiophene rings is 1. The van der Waals surface area contributed by atoms with Crippen molar-refractivity contribution in [3.05, 3.63) is 64.7 Å². The van der Waals surface area contributed by atoms with Gasteiger partial charge in [0.15, 0.2) is 5.69 Å². The number of H-pyrrole nitrogens is 1. The van der Waals surface area contributed by atoms with Gasteiger partial charge in [-0.1, -0.05) is 25.1 Å². The summed E-state index contributed by atoms with van der Waals surface area (Å²) in [6.45, 7) is 2.05. The van der Waals surface area contributed by atoms with Crippen LogP contribution in [0.15, 0.2) is 47.8 Å². The number of carbonyl (C=O) groups is 2. The van der Waals surface area contributed by atoms with Gasteiger partial charge in [0.2, 0.25) is 0 Å². The lowest BCUT2D eigenvalue weighted by Crippen LogP contribution is -2.41. The van der Waals surface area contributed by atoms with Crippen LogP contribution in [-0.2, 0) is 6.42 Å². The maximum absolute atomic E-state index is 12.1. The Hall–Kier alpha value is -2.93. The first-order chi connectivity index (χ1) is 11.7. The van der Waals surface area contributed by atoms with E-state index in [9.17, 15) is 9.59 Å². The molecule has 0 radical (unpaired) electrons. The summed E-state index contributed by atoms with van der Waals surface area (Å²) in [6.07, 6.45) is 0.907. The molecule has 0 spiro atoms. The Kier molecular flexibility index (Phi) is 4.72. The van der Waals surface area contributed by atoms with Crippen molar-refractivity contribution >= 4 is 23.2 Å². The van der Waals surface area contributed by atoms with Crippen molar-refractivity contribution < 1.29 is 9.59 Å². The second-order valence-corrected chi connectivity index (χ2v) is 6.05. The first-order valence-electron chi connectivity index (χ1n) is 7.46. The van der Waals surface area contributed by atoms with Gasteiger partial charge in [0.05, 0.1) is 10.6 Å². The molecule has 7 heteroatoms. The van der Waals surface area contributed by atoms with Crippen LogP contribution < -0.4 is 10.9 Å². The second kappa shape index (κ2) is 7.10. The van der Waals surface area contributed by atoms with Crippen molar-refractivity contribution in [2.45, 2.75) is 13.3 Å². The van der Waals surface area contributed by atoms with E-state index in [1.165, 1.54) is 0 Å². The Morgan fingerprint density at radius 3 is 2.54 bits per heavy atom. The molecule has 0 aliphatic heterocycles. The van der Waals surface area contributed by atoms with Crippen LogP contribution >= 0.6 is 11.3 Å². The second-order valence-electron chi connectivity index (χ2n) is 5.10.